The summed E-state index contributed by atoms with van der Waals surface area (Å²) >= 11 is 9.79. The molecule has 28 heavy (non-hydrogen) atoms. The molecule has 6 nitrogen and oxygen atoms in total. The number of allylic oxidation sites excluding steroid dienone is 1. The van der Waals surface area contributed by atoms with Crippen LogP contribution < -0.4 is 10.3 Å². The molecule has 0 aliphatic carbocycles. The van der Waals surface area contributed by atoms with Gasteiger partial charge in [0.15, 0.2) is 0 Å². The Morgan fingerprint density at radius 1 is 1.36 bits per heavy atom. The van der Waals surface area contributed by atoms with Gasteiger partial charge in [0.05, 0.1) is 16.1 Å². The van der Waals surface area contributed by atoms with Gasteiger partial charge in [-0.15, -0.1) is 0 Å². The van der Waals surface area contributed by atoms with Crippen LogP contribution in [0.1, 0.15) is 25.8 Å². The molecule has 1 aromatic carbocycles. The molecule has 0 spiro atoms. The Kier molecular flexibility index (Phi) is 7.01. The molecule has 1 aliphatic heterocycles. The first-order valence-electron chi connectivity index (χ1n) is 9.46. The molecule has 0 amide bonds. The van der Waals surface area contributed by atoms with Gasteiger partial charge in [-0.25, -0.2) is 4.98 Å². The first-order chi connectivity index (χ1) is 13.4. The van der Waals surface area contributed by atoms with E-state index in [9.17, 15) is 4.79 Å². The summed E-state index contributed by atoms with van der Waals surface area (Å²) < 4.78 is 8.34. The number of piperidine rings is 1. The van der Waals surface area contributed by atoms with Gasteiger partial charge in [0, 0.05) is 30.1 Å². The summed E-state index contributed by atoms with van der Waals surface area (Å²) in [6.07, 6.45) is 5.91. The molecule has 2 aromatic rings. The predicted octanol–water partition coefficient (Wildman–Crippen LogP) is 3.92. The van der Waals surface area contributed by atoms with E-state index in [0.29, 0.717) is 23.7 Å². The van der Waals surface area contributed by atoms with E-state index < -0.39 is 0 Å². The zero-order chi connectivity index (χ0) is 20.3. The van der Waals surface area contributed by atoms with E-state index in [4.69, 9.17) is 16.3 Å². The molecule has 1 saturated heterocycles. The number of nitrogens with zero attached hydrogens (tertiary/aromatic N) is 4. The summed E-state index contributed by atoms with van der Waals surface area (Å²) in [6, 6.07) is 3.76. The fourth-order valence-electron chi connectivity index (χ4n) is 3.46. The molecule has 0 N–H and O–H groups in total. The topological polar surface area (TPSA) is 50.6 Å². The number of ether oxygens (including phenoxy) is 1. The molecule has 1 fully saturated rings. The van der Waals surface area contributed by atoms with Crippen molar-refractivity contribution in [3.8, 4) is 5.88 Å². The maximum Gasteiger partial charge on any atom is 0.314 e. The Balaban J connectivity index is 2.01. The van der Waals surface area contributed by atoms with Gasteiger partial charge in [-0.2, -0.15) is 0 Å². The fourth-order valence-corrected chi connectivity index (χ4v) is 3.95. The maximum atomic E-state index is 13.2. The van der Waals surface area contributed by atoms with E-state index in [2.05, 4.69) is 32.0 Å². The lowest BCUT2D eigenvalue weighted by molar-refractivity contribution is 0.232. The van der Waals surface area contributed by atoms with Crippen LogP contribution in [0, 0.1) is 0 Å². The van der Waals surface area contributed by atoms with Crippen LogP contribution in [0.3, 0.4) is 0 Å². The van der Waals surface area contributed by atoms with Crippen LogP contribution in [0.15, 0.2) is 33.7 Å². The van der Waals surface area contributed by atoms with Crippen molar-refractivity contribution in [3.63, 3.8) is 0 Å². The highest BCUT2D eigenvalue weighted by atomic mass is 79.9. The predicted molar refractivity (Wildman–Crippen MR) is 117 cm³/mol. The third-order valence-electron chi connectivity index (χ3n) is 4.90. The minimum absolute atomic E-state index is 0.0907. The fraction of sp³-hybridized carbons (Fsp3) is 0.500. The molecule has 152 valence electrons. The van der Waals surface area contributed by atoms with Crippen molar-refractivity contribution in [2.75, 3.05) is 40.3 Å². The van der Waals surface area contributed by atoms with Crippen LogP contribution >= 0.6 is 27.5 Å². The Morgan fingerprint density at radius 3 is 2.71 bits per heavy atom. The van der Waals surface area contributed by atoms with E-state index in [1.165, 1.54) is 0 Å². The van der Waals surface area contributed by atoms with Gasteiger partial charge in [0.25, 0.3) is 5.88 Å². The molecule has 0 radical (unpaired) electrons. The molecule has 0 atom stereocenters. The normalized spacial score (nSPS) is 15.9. The smallest absolute Gasteiger partial charge is 0.314 e. The second kappa shape index (κ2) is 9.29. The second-order valence-electron chi connectivity index (χ2n) is 7.25. The highest BCUT2D eigenvalue weighted by Gasteiger charge is 2.24. The van der Waals surface area contributed by atoms with Crippen molar-refractivity contribution in [3.05, 3.63) is 44.3 Å². The average Bonchev–Trinajstić information content (AvgIpc) is 2.65. The van der Waals surface area contributed by atoms with Gasteiger partial charge >= 0.3 is 5.56 Å². The van der Waals surface area contributed by atoms with Crippen molar-refractivity contribution >= 4 is 38.6 Å². The van der Waals surface area contributed by atoms with Crippen LogP contribution in [0.25, 0.3) is 11.0 Å². The Bertz CT molecular complexity index is 921. The van der Waals surface area contributed by atoms with Crippen molar-refractivity contribution in [1.82, 2.24) is 19.4 Å². The van der Waals surface area contributed by atoms with E-state index >= 15 is 0 Å². The van der Waals surface area contributed by atoms with Crippen molar-refractivity contribution < 1.29 is 4.74 Å². The summed E-state index contributed by atoms with van der Waals surface area (Å²) in [5.74, 6) is 0.152. The lowest BCUT2D eigenvalue weighted by Crippen LogP contribution is -2.36. The number of hydrogen-bond donors (Lipinski definition) is 0. The quantitative estimate of drug-likeness (QED) is 0.642. The number of fused-ring (bicyclic) bond motifs is 1. The average molecular weight is 470 g/mol. The van der Waals surface area contributed by atoms with Crippen LogP contribution in [0.4, 0.5) is 0 Å². The molecular weight excluding hydrogens is 444 g/mol. The molecular formula is C20H26BrClN4O2. The largest absolute Gasteiger partial charge is 0.472 e. The zero-order valence-corrected chi connectivity index (χ0v) is 18.8. The van der Waals surface area contributed by atoms with Gasteiger partial charge in [-0.1, -0.05) is 17.7 Å². The lowest BCUT2D eigenvalue weighted by Gasteiger charge is -2.32. The molecule has 0 unspecified atom stereocenters. The Hall–Kier alpha value is -1.57. The number of aromatic nitrogens is 2. The Morgan fingerprint density at radius 2 is 2.07 bits per heavy atom. The molecule has 2 heterocycles. The highest BCUT2D eigenvalue weighted by molar-refractivity contribution is 9.10. The lowest BCUT2D eigenvalue weighted by atomic mass is 10.0. The van der Waals surface area contributed by atoms with E-state index in [1.54, 1.807) is 0 Å². The number of benzene rings is 1. The molecule has 1 aliphatic rings. The van der Waals surface area contributed by atoms with Gasteiger partial charge in [-0.3, -0.25) is 9.36 Å². The molecule has 3 rings (SSSR count). The third-order valence-corrected chi connectivity index (χ3v) is 6.10. The van der Waals surface area contributed by atoms with Crippen LogP contribution in [0.5, 0.6) is 5.88 Å². The van der Waals surface area contributed by atoms with E-state index in [0.717, 1.165) is 35.9 Å². The SMILES string of the molecule is CC=CN1CCC(n2c(=O)c(OCCN(C)C)nc3cc(Br)c(Cl)cc32)CC1. The molecule has 1 aromatic heterocycles. The zero-order valence-electron chi connectivity index (χ0n) is 16.5. The molecule has 8 heteroatoms. The number of likely N-dealkylation sites (N-methyl/N-ethyl adjacent to an activating group) is 1. The number of hydrogen-bond acceptors (Lipinski definition) is 5. The minimum Gasteiger partial charge on any atom is -0.472 e. The highest BCUT2D eigenvalue weighted by Crippen LogP contribution is 2.31. The standard InChI is InChI=1S/C20H26BrClN4O2/c1-4-7-25-8-5-14(6-9-25)26-18-13-16(22)15(21)12-17(18)23-19(20(26)27)28-11-10-24(2)3/h4,7,12-14H,5-6,8-11H2,1-3H3. The monoisotopic (exact) mass is 468 g/mol. The van der Waals surface area contributed by atoms with Gasteiger partial charge in [0.1, 0.15) is 6.61 Å². The Labute approximate surface area is 178 Å². The third kappa shape index (κ3) is 4.70. The first-order valence-corrected chi connectivity index (χ1v) is 10.6. The maximum absolute atomic E-state index is 13.2. The van der Waals surface area contributed by atoms with Crippen LogP contribution in [-0.2, 0) is 0 Å². The number of halogens is 2. The van der Waals surface area contributed by atoms with Crippen molar-refractivity contribution in [2.24, 2.45) is 0 Å². The summed E-state index contributed by atoms with van der Waals surface area (Å²) in [5, 5.41) is 0.565. The number of rotatable bonds is 6. The van der Waals surface area contributed by atoms with E-state index in [-0.39, 0.29) is 17.5 Å². The van der Waals surface area contributed by atoms with Gasteiger partial charge in [-0.05, 0) is 68.1 Å². The summed E-state index contributed by atoms with van der Waals surface area (Å²) in [5.41, 5.74) is 1.27. The summed E-state index contributed by atoms with van der Waals surface area (Å²) in [4.78, 5) is 22.0. The number of likely N-dealkylation sites (tertiary alicyclic amines) is 1. The van der Waals surface area contributed by atoms with Crippen molar-refractivity contribution in [2.45, 2.75) is 25.8 Å². The van der Waals surface area contributed by atoms with Crippen molar-refractivity contribution in [1.29, 1.82) is 0 Å². The second-order valence-corrected chi connectivity index (χ2v) is 8.51. The van der Waals surface area contributed by atoms with Gasteiger partial charge < -0.3 is 14.5 Å². The van der Waals surface area contributed by atoms with Gasteiger partial charge in [0.2, 0.25) is 0 Å². The summed E-state index contributed by atoms with van der Waals surface area (Å²) in [7, 11) is 3.93. The van der Waals surface area contributed by atoms with Crippen LogP contribution in [0.2, 0.25) is 5.02 Å². The summed E-state index contributed by atoms with van der Waals surface area (Å²) in [6.45, 7) is 4.96. The minimum atomic E-state index is -0.186. The molecule has 0 saturated carbocycles. The first kappa shape index (κ1) is 21.1. The van der Waals surface area contributed by atoms with E-state index in [1.807, 2.05) is 48.7 Å². The molecule has 0 bridgehead atoms. The van der Waals surface area contributed by atoms with Crippen LogP contribution in [-0.4, -0.2) is 59.7 Å².